The van der Waals surface area contributed by atoms with Crippen LogP contribution in [0.15, 0.2) is 65.5 Å². The first-order valence-corrected chi connectivity index (χ1v) is 13.0. The zero-order valence-electron chi connectivity index (χ0n) is 24.0. The normalized spacial score (nSPS) is 24.2. The van der Waals surface area contributed by atoms with E-state index in [1.807, 2.05) is 26.8 Å². The summed E-state index contributed by atoms with van der Waals surface area (Å²) in [6.45, 7) is 17.2. The minimum absolute atomic E-state index is 0.0410. The molecule has 1 aromatic rings. The second-order valence-electron chi connectivity index (χ2n) is 12.3. The number of nitrogens with zero attached hydrogens (tertiary/aromatic N) is 2. The van der Waals surface area contributed by atoms with Crippen LogP contribution in [0.25, 0.3) is 0 Å². The Labute approximate surface area is 219 Å². The summed E-state index contributed by atoms with van der Waals surface area (Å²) in [4.78, 5) is 17.0. The molecule has 36 heavy (non-hydrogen) atoms. The van der Waals surface area contributed by atoms with Crippen LogP contribution < -0.4 is 4.90 Å². The van der Waals surface area contributed by atoms with E-state index in [-0.39, 0.29) is 22.3 Å². The van der Waals surface area contributed by atoms with Crippen molar-refractivity contribution in [3.05, 3.63) is 76.7 Å². The Hall–Kier alpha value is -2.99. The van der Waals surface area contributed by atoms with E-state index >= 15 is 0 Å². The maximum atomic E-state index is 12.5. The van der Waals surface area contributed by atoms with E-state index in [0.29, 0.717) is 12.2 Å². The highest BCUT2D eigenvalue weighted by molar-refractivity contribution is 5.83. The average Bonchev–Trinajstić information content (AvgIpc) is 3.09. The van der Waals surface area contributed by atoms with Gasteiger partial charge in [-0.3, -0.25) is 4.79 Å². The van der Waals surface area contributed by atoms with Crippen LogP contribution in [0.1, 0.15) is 72.9 Å². The number of carbonyl (C=O) groups is 1. The lowest BCUT2D eigenvalue weighted by atomic mass is 9.79. The summed E-state index contributed by atoms with van der Waals surface area (Å²) in [6, 6.07) is 6.90. The molecular formula is C33H44N2O. The van der Waals surface area contributed by atoms with Crippen LogP contribution in [0, 0.1) is 23.2 Å². The second kappa shape index (κ2) is 9.81. The molecule has 3 nitrogen and oxygen atoms in total. The monoisotopic (exact) mass is 484 g/mol. The van der Waals surface area contributed by atoms with E-state index in [1.165, 1.54) is 28.1 Å². The third-order valence-electron chi connectivity index (χ3n) is 8.14. The predicted octanol–water partition coefficient (Wildman–Crippen LogP) is 7.21. The lowest BCUT2D eigenvalue weighted by Crippen LogP contribution is -2.32. The second-order valence-corrected chi connectivity index (χ2v) is 12.3. The number of likely N-dealkylation sites (N-methyl/N-ethyl adjacent to an activating group) is 2. The van der Waals surface area contributed by atoms with Crippen LogP contribution in [-0.2, 0) is 16.6 Å². The SMILES string of the molecule is C#C/C=C1\C(=C/C)C(C)(C)C(/C=C/C=C2/N(C)c3ccc(CCC(=O)C(C)(C)C)cc3C2(C)C)N1C. The van der Waals surface area contributed by atoms with Crippen LogP contribution in [0.4, 0.5) is 5.69 Å². The third-order valence-corrected chi connectivity index (χ3v) is 8.14. The van der Waals surface area contributed by atoms with Crippen molar-refractivity contribution in [2.75, 3.05) is 19.0 Å². The number of Topliss-reactive ketones (excluding diaryl/α,β-unsaturated/α-hetero) is 1. The molecule has 0 amide bonds. The van der Waals surface area contributed by atoms with Gasteiger partial charge in [-0.25, -0.2) is 0 Å². The minimum atomic E-state index is -0.286. The maximum Gasteiger partial charge on any atom is 0.138 e. The van der Waals surface area contributed by atoms with Crippen molar-refractivity contribution in [2.24, 2.45) is 10.8 Å². The number of anilines is 1. The van der Waals surface area contributed by atoms with Gasteiger partial charge in [-0.2, -0.15) is 0 Å². The van der Waals surface area contributed by atoms with Gasteiger partial charge in [0.1, 0.15) is 5.78 Å². The fraction of sp³-hybridized carbons (Fsp3) is 0.485. The van der Waals surface area contributed by atoms with Crippen LogP contribution >= 0.6 is 0 Å². The molecule has 0 bridgehead atoms. The number of hydrogen-bond acceptors (Lipinski definition) is 3. The molecule has 0 saturated carbocycles. The maximum absolute atomic E-state index is 12.5. The standard InChI is InChI=1S/C33H44N2O/c1-12-15-26-24(13-2)32(6,7)28(34(26)10)16-14-17-29-33(8,9)25-22-23(18-20-27(25)35(29)11)19-21-30(36)31(3,4)5/h1,13-18,20,22,28H,19,21H2,2-11H3/b16-14+,24-13+,26-15+,29-17+. The smallest absolute Gasteiger partial charge is 0.138 e. The molecule has 0 aromatic heterocycles. The number of aryl methyl sites for hydroxylation is 1. The molecule has 1 unspecified atom stereocenters. The number of likely N-dealkylation sites (tertiary alicyclic amines) is 1. The molecule has 1 aromatic carbocycles. The van der Waals surface area contributed by atoms with Gasteiger partial charge in [-0.15, -0.1) is 6.42 Å². The molecule has 2 heterocycles. The number of allylic oxidation sites excluding steroid dienone is 6. The highest BCUT2D eigenvalue weighted by atomic mass is 16.1. The molecule has 192 valence electrons. The van der Waals surface area contributed by atoms with Gasteiger partial charge in [-0.05, 0) is 42.2 Å². The van der Waals surface area contributed by atoms with Gasteiger partial charge in [0.15, 0.2) is 0 Å². The summed E-state index contributed by atoms with van der Waals surface area (Å²) in [5.41, 5.74) is 7.00. The minimum Gasteiger partial charge on any atom is -0.367 e. The van der Waals surface area contributed by atoms with Gasteiger partial charge in [-0.1, -0.05) is 84.7 Å². The van der Waals surface area contributed by atoms with Crippen LogP contribution in [0.5, 0.6) is 0 Å². The summed E-state index contributed by atoms with van der Waals surface area (Å²) >= 11 is 0. The first kappa shape index (κ1) is 27.6. The number of benzene rings is 1. The van der Waals surface area contributed by atoms with Crippen LogP contribution in [0.2, 0.25) is 0 Å². The first-order valence-electron chi connectivity index (χ1n) is 13.0. The van der Waals surface area contributed by atoms with E-state index in [1.54, 1.807) is 0 Å². The highest BCUT2D eigenvalue weighted by Crippen LogP contribution is 2.48. The summed E-state index contributed by atoms with van der Waals surface area (Å²) in [7, 11) is 4.27. The van der Waals surface area contributed by atoms with Crippen molar-refractivity contribution in [3.63, 3.8) is 0 Å². The number of fused-ring (bicyclic) bond motifs is 1. The van der Waals surface area contributed by atoms with Crippen molar-refractivity contribution in [2.45, 2.75) is 79.7 Å². The molecule has 1 saturated heterocycles. The number of rotatable bonds is 5. The summed E-state index contributed by atoms with van der Waals surface area (Å²) in [5.74, 6) is 3.02. The van der Waals surface area contributed by atoms with Gasteiger partial charge in [0.05, 0.1) is 6.04 Å². The van der Waals surface area contributed by atoms with Crippen molar-refractivity contribution >= 4 is 11.5 Å². The number of terminal acetylenes is 1. The lowest BCUT2D eigenvalue weighted by molar-refractivity contribution is -0.126. The van der Waals surface area contributed by atoms with Gasteiger partial charge in [0, 0.05) is 59.9 Å². The van der Waals surface area contributed by atoms with Crippen molar-refractivity contribution < 1.29 is 4.79 Å². The molecule has 1 fully saturated rings. The van der Waals surface area contributed by atoms with Crippen LogP contribution in [0.3, 0.4) is 0 Å². The Morgan fingerprint density at radius 1 is 1.17 bits per heavy atom. The molecule has 2 aliphatic rings. The Balaban J connectivity index is 1.87. The van der Waals surface area contributed by atoms with E-state index in [9.17, 15) is 4.79 Å². The quantitative estimate of drug-likeness (QED) is 0.413. The molecule has 0 aliphatic carbocycles. The predicted molar refractivity (Wildman–Crippen MR) is 154 cm³/mol. The fourth-order valence-electron chi connectivity index (χ4n) is 5.89. The fourth-order valence-corrected chi connectivity index (χ4v) is 5.89. The molecule has 3 heteroatoms. The molecule has 0 N–H and O–H groups in total. The largest absolute Gasteiger partial charge is 0.367 e. The third kappa shape index (κ3) is 4.83. The number of carbonyl (C=O) groups excluding carboxylic acids is 1. The highest BCUT2D eigenvalue weighted by Gasteiger charge is 2.44. The summed E-state index contributed by atoms with van der Waals surface area (Å²) < 4.78 is 0. The molecule has 0 radical (unpaired) electrons. The Morgan fingerprint density at radius 2 is 1.83 bits per heavy atom. The van der Waals surface area contributed by atoms with E-state index < -0.39 is 0 Å². The Bertz CT molecular complexity index is 1190. The zero-order chi connectivity index (χ0) is 27.1. The summed E-state index contributed by atoms with van der Waals surface area (Å²) in [6.07, 6.45) is 17.8. The topological polar surface area (TPSA) is 23.6 Å². The molecule has 0 spiro atoms. The molecular weight excluding hydrogens is 440 g/mol. The first-order chi connectivity index (χ1) is 16.7. The van der Waals surface area contributed by atoms with Gasteiger partial charge >= 0.3 is 0 Å². The van der Waals surface area contributed by atoms with Gasteiger partial charge in [0.2, 0.25) is 0 Å². The van der Waals surface area contributed by atoms with Crippen molar-refractivity contribution in [1.82, 2.24) is 4.90 Å². The van der Waals surface area contributed by atoms with Gasteiger partial charge < -0.3 is 9.80 Å². The van der Waals surface area contributed by atoms with E-state index in [4.69, 9.17) is 6.42 Å². The van der Waals surface area contributed by atoms with Crippen LogP contribution in [-0.4, -0.2) is 30.8 Å². The van der Waals surface area contributed by atoms with E-state index in [2.05, 4.69) is 107 Å². The Kier molecular flexibility index (Phi) is 7.52. The van der Waals surface area contributed by atoms with Crippen molar-refractivity contribution in [3.8, 4) is 12.3 Å². The molecule has 3 rings (SSSR count). The number of ketones is 1. The lowest BCUT2D eigenvalue weighted by Gasteiger charge is -2.28. The average molecular weight is 485 g/mol. The van der Waals surface area contributed by atoms with E-state index in [0.717, 1.165) is 12.1 Å². The Morgan fingerprint density at radius 3 is 2.42 bits per heavy atom. The zero-order valence-corrected chi connectivity index (χ0v) is 24.0. The summed E-state index contributed by atoms with van der Waals surface area (Å²) in [5, 5.41) is 0. The van der Waals surface area contributed by atoms with Gasteiger partial charge in [0.25, 0.3) is 0 Å². The number of hydrogen-bond donors (Lipinski definition) is 0. The molecule has 1 atom stereocenters. The van der Waals surface area contributed by atoms with Crippen molar-refractivity contribution in [1.29, 1.82) is 0 Å². The molecule has 2 aliphatic heterocycles.